The summed E-state index contributed by atoms with van der Waals surface area (Å²) in [6, 6.07) is 20.0. The Bertz CT molecular complexity index is 1410. The second-order valence-electron chi connectivity index (χ2n) is 8.94. The molecular weight excluding hydrogens is 462 g/mol. The van der Waals surface area contributed by atoms with Gasteiger partial charge in [0.05, 0.1) is 37.8 Å². The maximum absolute atomic E-state index is 14.1. The van der Waals surface area contributed by atoms with E-state index in [0.29, 0.717) is 11.3 Å². The molecule has 0 saturated carbocycles. The molecule has 2 heterocycles. The molecule has 3 aromatic carbocycles. The minimum Gasteiger partial charge on any atom is -0.497 e. The van der Waals surface area contributed by atoms with Gasteiger partial charge < -0.3 is 14.2 Å². The molecule has 2 amide bonds. The van der Waals surface area contributed by atoms with E-state index in [0.717, 1.165) is 4.90 Å². The van der Waals surface area contributed by atoms with E-state index in [2.05, 4.69) is 0 Å². The molecule has 2 saturated heterocycles. The van der Waals surface area contributed by atoms with Gasteiger partial charge in [0.2, 0.25) is 29.0 Å². The minimum atomic E-state index is -2.12. The Morgan fingerprint density at radius 3 is 2.03 bits per heavy atom. The van der Waals surface area contributed by atoms with Crippen LogP contribution in [0.1, 0.15) is 32.4 Å². The molecule has 0 bridgehead atoms. The zero-order valence-corrected chi connectivity index (χ0v) is 19.5. The summed E-state index contributed by atoms with van der Waals surface area (Å²) >= 11 is 0. The van der Waals surface area contributed by atoms with Crippen LogP contribution in [0.3, 0.4) is 0 Å². The number of fused-ring (bicyclic) bond motifs is 3. The first kappa shape index (κ1) is 22.2. The number of hydrogen-bond acceptors (Lipinski definition) is 7. The van der Waals surface area contributed by atoms with Gasteiger partial charge in [-0.3, -0.25) is 19.2 Å². The fraction of sp³-hybridized carbons (Fsp3) is 0.214. The van der Waals surface area contributed by atoms with Crippen molar-refractivity contribution in [1.82, 2.24) is 0 Å². The molecular formula is C28H21NO7. The summed E-state index contributed by atoms with van der Waals surface area (Å²) < 4.78 is 17.0. The molecule has 8 heteroatoms. The number of hydrogen-bond donors (Lipinski definition) is 0. The summed E-state index contributed by atoms with van der Waals surface area (Å²) in [4.78, 5) is 56.6. The van der Waals surface area contributed by atoms with Crippen LogP contribution in [0.2, 0.25) is 0 Å². The standard InChI is InChI=1S/C28H21NO7/c1-34-16-12-13-20(35-2)19(14-16)29-26(32)21-22(27(29)33)28(36-23(21)15-8-4-3-5-9-15)24(30)17-10-6-7-11-18(17)25(28)31/h3-14,21-23H,1-2H3/t21-,22+,23-/m0/s1. The number of imide groups is 1. The van der Waals surface area contributed by atoms with Crippen LogP contribution in [-0.2, 0) is 14.3 Å². The quantitative estimate of drug-likeness (QED) is 0.414. The molecule has 0 unspecified atom stereocenters. The van der Waals surface area contributed by atoms with Crippen molar-refractivity contribution < 1.29 is 33.4 Å². The van der Waals surface area contributed by atoms with Gasteiger partial charge in [0.15, 0.2) is 0 Å². The van der Waals surface area contributed by atoms with Crippen molar-refractivity contribution in [1.29, 1.82) is 0 Å². The molecule has 1 aliphatic carbocycles. The Hall–Kier alpha value is -4.30. The fourth-order valence-electron chi connectivity index (χ4n) is 5.67. The van der Waals surface area contributed by atoms with Crippen molar-refractivity contribution in [2.45, 2.75) is 11.7 Å². The van der Waals surface area contributed by atoms with Gasteiger partial charge in [-0.15, -0.1) is 0 Å². The highest BCUT2D eigenvalue weighted by Gasteiger charge is 2.74. The average molecular weight is 483 g/mol. The number of benzene rings is 3. The maximum Gasteiger partial charge on any atom is 0.241 e. The molecule has 0 aromatic heterocycles. The molecule has 3 aliphatic rings. The van der Waals surface area contributed by atoms with Crippen LogP contribution in [0.5, 0.6) is 11.5 Å². The first-order valence-electron chi connectivity index (χ1n) is 11.4. The van der Waals surface area contributed by atoms with E-state index in [1.54, 1.807) is 60.7 Å². The Balaban J connectivity index is 1.56. The molecule has 8 nitrogen and oxygen atoms in total. The lowest BCUT2D eigenvalue weighted by atomic mass is 9.77. The molecule has 1 spiro atoms. The normalized spacial score (nSPS) is 23.8. The topological polar surface area (TPSA) is 99.2 Å². The Morgan fingerprint density at radius 2 is 1.42 bits per heavy atom. The zero-order valence-electron chi connectivity index (χ0n) is 19.5. The van der Waals surface area contributed by atoms with Gasteiger partial charge in [-0.25, -0.2) is 4.90 Å². The summed E-state index contributed by atoms with van der Waals surface area (Å²) in [6.07, 6.45) is -0.975. The Morgan fingerprint density at radius 1 is 0.778 bits per heavy atom. The number of carbonyl (C=O) groups is 4. The van der Waals surface area contributed by atoms with E-state index in [4.69, 9.17) is 14.2 Å². The summed E-state index contributed by atoms with van der Waals surface area (Å²) in [5, 5.41) is 0. The third kappa shape index (κ3) is 2.73. The van der Waals surface area contributed by atoms with E-state index in [1.165, 1.54) is 20.3 Å². The van der Waals surface area contributed by atoms with Crippen LogP contribution in [0.4, 0.5) is 5.69 Å². The van der Waals surface area contributed by atoms with E-state index in [1.807, 2.05) is 6.07 Å². The third-order valence-corrected chi connectivity index (χ3v) is 7.27. The van der Waals surface area contributed by atoms with E-state index in [-0.39, 0.29) is 22.6 Å². The van der Waals surface area contributed by atoms with Crippen LogP contribution in [-0.4, -0.2) is 43.2 Å². The molecule has 6 rings (SSSR count). The van der Waals surface area contributed by atoms with Gasteiger partial charge >= 0.3 is 0 Å². The maximum atomic E-state index is 14.1. The first-order chi connectivity index (χ1) is 17.4. The molecule has 180 valence electrons. The van der Waals surface area contributed by atoms with Gasteiger partial charge in [-0.2, -0.15) is 0 Å². The van der Waals surface area contributed by atoms with Crippen molar-refractivity contribution in [3.63, 3.8) is 0 Å². The average Bonchev–Trinajstić information content (AvgIpc) is 3.48. The van der Waals surface area contributed by atoms with Crippen molar-refractivity contribution in [2.24, 2.45) is 11.8 Å². The summed E-state index contributed by atoms with van der Waals surface area (Å²) in [7, 11) is 2.89. The Kier molecular flexibility index (Phi) is 4.84. The minimum absolute atomic E-state index is 0.179. The highest BCUT2D eigenvalue weighted by molar-refractivity contribution is 6.37. The van der Waals surface area contributed by atoms with Crippen molar-refractivity contribution in [3.05, 3.63) is 89.5 Å². The lowest BCUT2D eigenvalue weighted by Crippen LogP contribution is -2.51. The van der Waals surface area contributed by atoms with E-state index < -0.39 is 46.9 Å². The summed E-state index contributed by atoms with van der Waals surface area (Å²) in [6.45, 7) is 0. The van der Waals surface area contributed by atoms with Crippen molar-refractivity contribution >= 4 is 29.1 Å². The van der Waals surface area contributed by atoms with Crippen LogP contribution in [0, 0.1) is 11.8 Å². The van der Waals surface area contributed by atoms with Gasteiger partial charge in [0.25, 0.3) is 0 Å². The van der Waals surface area contributed by atoms with Crippen LogP contribution < -0.4 is 14.4 Å². The summed E-state index contributed by atoms with van der Waals surface area (Å²) in [5.74, 6) is -4.19. The number of anilines is 1. The third-order valence-electron chi connectivity index (χ3n) is 7.27. The monoisotopic (exact) mass is 483 g/mol. The van der Waals surface area contributed by atoms with E-state index >= 15 is 0 Å². The molecule has 0 radical (unpaired) electrons. The predicted octanol–water partition coefficient (Wildman–Crippen LogP) is 3.40. The molecule has 3 atom stereocenters. The predicted molar refractivity (Wildman–Crippen MR) is 127 cm³/mol. The number of ketones is 2. The summed E-state index contributed by atoms with van der Waals surface area (Å²) in [5.41, 5.74) is -0.969. The number of Topliss-reactive ketones (excluding diaryl/α,β-unsaturated/α-hetero) is 2. The number of rotatable bonds is 4. The van der Waals surface area contributed by atoms with Crippen LogP contribution >= 0.6 is 0 Å². The van der Waals surface area contributed by atoms with E-state index in [9.17, 15) is 19.2 Å². The lowest BCUT2D eigenvalue weighted by Gasteiger charge is -2.27. The number of carbonyl (C=O) groups excluding carboxylic acids is 4. The second-order valence-corrected chi connectivity index (χ2v) is 8.94. The highest BCUT2D eigenvalue weighted by atomic mass is 16.5. The van der Waals surface area contributed by atoms with Crippen molar-refractivity contribution in [3.8, 4) is 11.5 Å². The van der Waals surface area contributed by atoms with Gasteiger partial charge in [-0.05, 0) is 17.7 Å². The SMILES string of the molecule is COc1ccc(OC)c(N2C(=O)[C@@H]3[C@H](c4ccccc4)OC4(C(=O)c5ccccc5C4=O)[C@H]3C2=O)c1. The highest BCUT2D eigenvalue weighted by Crippen LogP contribution is 2.58. The second kappa shape index (κ2) is 7.86. The molecule has 3 aromatic rings. The largest absolute Gasteiger partial charge is 0.497 e. The Labute approximate surface area is 206 Å². The van der Waals surface area contributed by atoms with Crippen LogP contribution in [0.15, 0.2) is 72.8 Å². The molecule has 0 N–H and O–H groups in total. The first-order valence-corrected chi connectivity index (χ1v) is 11.4. The number of nitrogens with zero attached hydrogens (tertiary/aromatic N) is 1. The fourth-order valence-corrected chi connectivity index (χ4v) is 5.67. The number of methoxy groups -OCH3 is 2. The van der Waals surface area contributed by atoms with Gasteiger partial charge in [-0.1, -0.05) is 54.6 Å². The van der Waals surface area contributed by atoms with Gasteiger partial charge in [0, 0.05) is 17.2 Å². The zero-order chi connectivity index (χ0) is 25.2. The van der Waals surface area contributed by atoms with Crippen LogP contribution in [0.25, 0.3) is 0 Å². The molecule has 2 aliphatic heterocycles. The molecule has 36 heavy (non-hydrogen) atoms. The number of ether oxygens (including phenoxy) is 3. The van der Waals surface area contributed by atoms with Gasteiger partial charge in [0.1, 0.15) is 11.5 Å². The number of amides is 2. The molecule has 2 fully saturated rings. The van der Waals surface area contributed by atoms with Crippen molar-refractivity contribution in [2.75, 3.05) is 19.1 Å². The smallest absolute Gasteiger partial charge is 0.241 e. The lowest BCUT2D eigenvalue weighted by molar-refractivity contribution is -0.127.